The first-order chi connectivity index (χ1) is 8.95. The number of nitrogens with two attached hydrogens (primary N) is 1. The van der Waals surface area contributed by atoms with E-state index >= 15 is 0 Å². The van der Waals surface area contributed by atoms with Crippen molar-refractivity contribution in [1.29, 1.82) is 0 Å². The van der Waals surface area contributed by atoms with Gasteiger partial charge in [-0.05, 0) is 37.1 Å². The van der Waals surface area contributed by atoms with E-state index in [0.717, 1.165) is 7.05 Å². The van der Waals surface area contributed by atoms with Crippen molar-refractivity contribution in [2.24, 2.45) is 0 Å². The molecular weight excluding hydrogens is 293 g/mol. The molecule has 0 spiro atoms. The maximum atomic E-state index is 12.3. The number of rotatable bonds is 4. The van der Waals surface area contributed by atoms with Crippen molar-refractivity contribution in [3.8, 4) is 0 Å². The smallest absolute Gasteiger partial charge is 0.390 e. The second kappa shape index (κ2) is 5.61. The van der Waals surface area contributed by atoms with Gasteiger partial charge in [-0.3, -0.25) is 0 Å². The van der Waals surface area contributed by atoms with Crippen LogP contribution in [-0.2, 0) is 10.0 Å². The van der Waals surface area contributed by atoms with E-state index in [0.29, 0.717) is 21.1 Å². The topological polar surface area (TPSA) is 63.4 Å². The molecule has 0 atom stereocenters. The van der Waals surface area contributed by atoms with Gasteiger partial charge in [-0.1, -0.05) is 0 Å². The number of hydrogen-bond acceptors (Lipinski definition) is 3. The number of anilines is 1. The van der Waals surface area contributed by atoms with Crippen LogP contribution in [-0.4, -0.2) is 32.5 Å². The Morgan fingerprint density at radius 1 is 1.25 bits per heavy atom. The Bertz CT molecular complexity index is 597. The maximum Gasteiger partial charge on any atom is 0.390 e. The molecule has 0 amide bonds. The molecule has 0 aliphatic carbocycles. The number of nitrogens with zero attached hydrogens (tertiary/aromatic N) is 1. The molecule has 0 aromatic heterocycles. The van der Waals surface area contributed by atoms with E-state index in [4.69, 9.17) is 5.73 Å². The zero-order valence-corrected chi connectivity index (χ0v) is 12.3. The van der Waals surface area contributed by atoms with Crippen LogP contribution in [0, 0.1) is 13.8 Å². The molecule has 114 valence electrons. The van der Waals surface area contributed by atoms with Crippen molar-refractivity contribution in [3.05, 3.63) is 23.3 Å². The molecular formula is C12H17F3N2O2S. The lowest BCUT2D eigenvalue weighted by Gasteiger charge is -2.20. The number of halogens is 3. The minimum absolute atomic E-state index is 0.0559. The molecule has 1 rings (SSSR count). The van der Waals surface area contributed by atoms with Gasteiger partial charge in [0, 0.05) is 19.3 Å². The van der Waals surface area contributed by atoms with Crippen LogP contribution < -0.4 is 5.73 Å². The van der Waals surface area contributed by atoms with Crippen LogP contribution in [0.3, 0.4) is 0 Å². The predicted octanol–water partition coefficient (Wildman–Crippen LogP) is 2.46. The van der Waals surface area contributed by atoms with Gasteiger partial charge in [-0.25, -0.2) is 12.7 Å². The second-order valence-corrected chi connectivity index (χ2v) is 6.68. The third kappa shape index (κ3) is 3.86. The van der Waals surface area contributed by atoms with E-state index in [-0.39, 0.29) is 4.90 Å². The number of benzene rings is 1. The molecule has 0 unspecified atom stereocenters. The standard InChI is InChI=1S/C12H17F3N2O2S/c1-8-6-10(16)9(2)11(7-8)20(18,19)17(3)5-4-12(13,14)15/h6-7H,4-5,16H2,1-3H3. The van der Waals surface area contributed by atoms with Gasteiger partial charge >= 0.3 is 6.18 Å². The largest absolute Gasteiger partial charge is 0.398 e. The first kappa shape index (κ1) is 16.8. The highest BCUT2D eigenvalue weighted by molar-refractivity contribution is 7.89. The van der Waals surface area contributed by atoms with Crippen LogP contribution in [0.25, 0.3) is 0 Å². The van der Waals surface area contributed by atoms with Crippen molar-refractivity contribution < 1.29 is 21.6 Å². The third-order valence-electron chi connectivity index (χ3n) is 2.94. The summed E-state index contributed by atoms with van der Waals surface area (Å²) in [7, 11) is -2.86. The average Bonchev–Trinajstić information content (AvgIpc) is 2.29. The van der Waals surface area contributed by atoms with Crippen LogP contribution in [0.1, 0.15) is 17.5 Å². The molecule has 2 N–H and O–H groups in total. The van der Waals surface area contributed by atoms with Crippen LogP contribution in [0.2, 0.25) is 0 Å². The van der Waals surface area contributed by atoms with Crippen LogP contribution in [0.4, 0.5) is 18.9 Å². The summed E-state index contributed by atoms with van der Waals surface area (Å²) < 4.78 is 61.8. The summed E-state index contributed by atoms with van der Waals surface area (Å²) in [6, 6.07) is 3.02. The first-order valence-electron chi connectivity index (χ1n) is 5.85. The van der Waals surface area contributed by atoms with Crippen LogP contribution >= 0.6 is 0 Å². The Hall–Kier alpha value is -1.28. The zero-order chi connectivity index (χ0) is 15.7. The van der Waals surface area contributed by atoms with Gasteiger partial charge in [0.1, 0.15) is 0 Å². The summed E-state index contributed by atoms with van der Waals surface area (Å²) >= 11 is 0. The molecule has 4 nitrogen and oxygen atoms in total. The zero-order valence-electron chi connectivity index (χ0n) is 11.5. The molecule has 0 fully saturated rings. The lowest BCUT2D eigenvalue weighted by Crippen LogP contribution is -2.31. The molecule has 1 aromatic carbocycles. The molecule has 0 bridgehead atoms. The fourth-order valence-electron chi connectivity index (χ4n) is 1.69. The average molecular weight is 310 g/mol. The van der Waals surface area contributed by atoms with E-state index in [2.05, 4.69) is 0 Å². The van der Waals surface area contributed by atoms with Crippen LogP contribution in [0.15, 0.2) is 17.0 Å². The highest BCUT2D eigenvalue weighted by Crippen LogP contribution is 2.27. The summed E-state index contributed by atoms with van der Waals surface area (Å²) in [5.74, 6) is 0. The van der Waals surface area contributed by atoms with Gasteiger partial charge in [0.25, 0.3) is 0 Å². The number of alkyl halides is 3. The van der Waals surface area contributed by atoms with Gasteiger partial charge in [0.05, 0.1) is 11.3 Å². The molecule has 0 radical (unpaired) electrons. The van der Waals surface area contributed by atoms with E-state index in [1.807, 2.05) is 0 Å². The quantitative estimate of drug-likeness (QED) is 0.869. The fourth-order valence-corrected chi connectivity index (χ4v) is 3.20. The molecule has 8 heteroatoms. The molecule has 20 heavy (non-hydrogen) atoms. The number of aryl methyl sites for hydroxylation is 1. The van der Waals surface area contributed by atoms with Gasteiger partial charge < -0.3 is 5.73 Å². The fraction of sp³-hybridized carbons (Fsp3) is 0.500. The Morgan fingerprint density at radius 3 is 2.30 bits per heavy atom. The Labute approximate surface area is 116 Å². The van der Waals surface area contributed by atoms with Gasteiger partial charge in [-0.15, -0.1) is 0 Å². The minimum Gasteiger partial charge on any atom is -0.398 e. The highest BCUT2D eigenvalue weighted by atomic mass is 32.2. The Balaban J connectivity index is 3.11. The summed E-state index contributed by atoms with van der Waals surface area (Å²) in [5.41, 5.74) is 6.97. The van der Waals surface area contributed by atoms with Gasteiger partial charge in [0.2, 0.25) is 10.0 Å². The number of nitrogen functional groups attached to an aromatic ring is 1. The summed E-state index contributed by atoms with van der Waals surface area (Å²) in [6.45, 7) is 2.57. The molecule has 1 aromatic rings. The number of sulfonamides is 1. The molecule has 0 heterocycles. The Morgan fingerprint density at radius 2 is 1.80 bits per heavy atom. The van der Waals surface area contributed by atoms with Gasteiger partial charge in [-0.2, -0.15) is 13.2 Å². The van der Waals surface area contributed by atoms with E-state index < -0.39 is 29.2 Å². The molecule has 0 aliphatic heterocycles. The predicted molar refractivity (Wildman–Crippen MR) is 70.8 cm³/mol. The number of hydrogen-bond donors (Lipinski definition) is 1. The lowest BCUT2D eigenvalue weighted by molar-refractivity contribution is -0.135. The SMILES string of the molecule is Cc1cc(N)c(C)c(S(=O)(=O)N(C)CCC(F)(F)F)c1. The summed E-state index contributed by atoms with van der Waals surface area (Å²) in [5, 5.41) is 0. The maximum absolute atomic E-state index is 12.3. The summed E-state index contributed by atoms with van der Waals surface area (Å²) in [6.07, 6.45) is -5.59. The molecule has 0 aliphatic rings. The van der Waals surface area contributed by atoms with Crippen molar-refractivity contribution in [3.63, 3.8) is 0 Å². The molecule has 0 saturated heterocycles. The van der Waals surface area contributed by atoms with E-state index in [1.54, 1.807) is 13.0 Å². The van der Waals surface area contributed by atoms with Crippen LogP contribution in [0.5, 0.6) is 0 Å². The first-order valence-corrected chi connectivity index (χ1v) is 7.29. The monoisotopic (exact) mass is 310 g/mol. The van der Waals surface area contributed by atoms with E-state index in [9.17, 15) is 21.6 Å². The highest BCUT2D eigenvalue weighted by Gasteiger charge is 2.31. The van der Waals surface area contributed by atoms with Gasteiger partial charge in [0.15, 0.2) is 0 Å². The molecule has 0 saturated carbocycles. The summed E-state index contributed by atoms with van der Waals surface area (Å²) in [4.78, 5) is -0.0559. The Kier molecular flexibility index (Phi) is 4.70. The van der Waals surface area contributed by atoms with Crippen molar-refractivity contribution >= 4 is 15.7 Å². The third-order valence-corrected chi connectivity index (χ3v) is 4.93. The van der Waals surface area contributed by atoms with Crippen molar-refractivity contribution in [1.82, 2.24) is 4.31 Å². The minimum atomic E-state index is -4.40. The van der Waals surface area contributed by atoms with Crippen molar-refractivity contribution in [2.45, 2.75) is 31.3 Å². The normalized spacial score (nSPS) is 12.9. The lowest BCUT2D eigenvalue weighted by atomic mass is 10.1. The van der Waals surface area contributed by atoms with E-state index in [1.165, 1.54) is 13.0 Å². The second-order valence-electron chi connectivity index (χ2n) is 4.67. The van der Waals surface area contributed by atoms with Crippen molar-refractivity contribution in [2.75, 3.05) is 19.3 Å².